The van der Waals surface area contributed by atoms with E-state index in [0.717, 1.165) is 62.9 Å². The van der Waals surface area contributed by atoms with Gasteiger partial charge in [-0.2, -0.15) is 0 Å². The maximum absolute atomic E-state index is 13.8. The smallest absolute Gasteiger partial charge is 0.407 e. The molecule has 2 fully saturated rings. The Morgan fingerprint density at radius 2 is 1.68 bits per heavy atom. The van der Waals surface area contributed by atoms with Gasteiger partial charge in [0, 0.05) is 19.6 Å². The van der Waals surface area contributed by atoms with Crippen molar-refractivity contribution in [3.8, 4) is 5.75 Å². The summed E-state index contributed by atoms with van der Waals surface area (Å²) in [6.45, 7) is 7.68. The summed E-state index contributed by atoms with van der Waals surface area (Å²) < 4.78 is 10.6. The van der Waals surface area contributed by atoms with E-state index < -0.39 is 11.0 Å². The number of alkyl carbamates (subject to hydrolysis) is 1. The molecule has 1 saturated heterocycles. The zero-order valence-electron chi connectivity index (χ0n) is 19.5. The van der Waals surface area contributed by atoms with Crippen molar-refractivity contribution < 1.29 is 19.1 Å². The predicted octanol–water partition coefficient (Wildman–Crippen LogP) is 4.66. The maximum atomic E-state index is 13.8. The van der Waals surface area contributed by atoms with Crippen LogP contribution in [0.2, 0.25) is 0 Å². The van der Waals surface area contributed by atoms with E-state index in [0.29, 0.717) is 12.5 Å². The van der Waals surface area contributed by atoms with E-state index in [1.807, 2.05) is 32.9 Å². The van der Waals surface area contributed by atoms with Crippen LogP contribution < -0.4 is 10.1 Å². The van der Waals surface area contributed by atoms with E-state index in [4.69, 9.17) is 9.47 Å². The molecular weight excluding hydrogens is 392 g/mol. The average molecular weight is 431 g/mol. The van der Waals surface area contributed by atoms with Gasteiger partial charge >= 0.3 is 6.09 Å². The molecule has 1 aliphatic carbocycles. The molecule has 0 bridgehead atoms. The highest BCUT2D eigenvalue weighted by Gasteiger charge is 2.44. The molecule has 2 aliphatic rings. The number of methoxy groups -OCH3 is 1. The van der Waals surface area contributed by atoms with Crippen molar-refractivity contribution >= 4 is 12.0 Å². The maximum Gasteiger partial charge on any atom is 0.407 e. The molecule has 0 atom stereocenters. The van der Waals surface area contributed by atoms with Gasteiger partial charge in [-0.25, -0.2) is 4.79 Å². The number of likely N-dealkylation sites (tertiary alicyclic amines) is 1. The molecule has 0 aromatic heterocycles. The summed E-state index contributed by atoms with van der Waals surface area (Å²) in [4.78, 5) is 27.7. The molecule has 1 aromatic rings. The van der Waals surface area contributed by atoms with Gasteiger partial charge in [0.1, 0.15) is 11.4 Å². The Morgan fingerprint density at radius 3 is 2.23 bits per heavy atom. The summed E-state index contributed by atoms with van der Waals surface area (Å²) >= 11 is 0. The van der Waals surface area contributed by atoms with Gasteiger partial charge in [0.2, 0.25) is 5.91 Å². The van der Waals surface area contributed by atoms with Crippen molar-refractivity contribution in [1.29, 1.82) is 0 Å². The Balaban J connectivity index is 1.60. The lowest BCUT2D eigenvalue weighted by Crippen LogP contribution is -2.51. The minimum absolute atomic E-state index is 0.274. The predicted molar refractivity (Wildman–Crippen MR) is 121 cm³/mol. The molecule has 6 nitrogen and oxygen atoms in total. The van der Waals surface area contributed by atoms with E-state index in [1.165, 1.54) is 6.42 Å². The standard InChI is InChI=1S/C25H38N2O4/c1-24(2,3)31-23(29)26-18-19-12-16-27(17-13-19)22(28)25(14-6-5-7-15-25)20-8-10-21(30-4)11-9-20/h8-11,19H,5-7,12-18H2,1-4H3,(H,26,29). The third-order valence-corrected chi connectivity index (χ3v) is 6.59. The van der Waals surface area contributed by atoms with Gasteiger partial charge in [-0.05, 0) is 70.1 Å². The van der Waals surface area contributed by atoms with Crippen LogP contribution in [0, 0.1) is 5.92 Å². The van der Waals surface area contributed by atoms with Gasteiger partial charge in [-0.15, -0.1) is 0 Å². The number of hydrogen-bond donors (Lipinski definition) is 1. The molecule has 0 spiro atoms. The first-order valence-corrected chi connectivity index (χ1v) is 11.6. The monoisotopic (exact) mass is 430 g/mol. The minimum atomic E-state index is -0.490. The number of piperidine rings is 1. The number of nitrogens with one attached hydrogen (secondary N) is 1. The lowest BCUT2D eigenvalue weighted by atomic mass is 9.68. The van der Waals surface area contributed by atoms with Crippen molar-refractivity contribution in [2.24, 2.45) is 5.92 Å². The fourth-order valence-electron chi connectivity index (χ4n) is 4.88. The summed E-state index contributed by atoms with van der Waals surface area (Å²) in [5.74, 6) is 1.47. The fourth-order valence-corrected chi connectivity index (χ4v) is 4.88. The highest BCUT2D eigenvalue weighted by atomic mass is 16.6. The summed E-state index contributed by atoms with van der Waals surface area (Å²) in [6, 6.07) is 8.07. The number of rotatable bonds is 5. The molecule has 1 aliphatic heterocycles. The fraction of sp³-hybridized carbons (Fsp3) is 0.680. The summed E-state index contributed by atoms with van der Waals surface area (Å²) in [7, 11) is 1.67. The summed E-state index contributed by atoms with van der Waals surface area (Å²) in [5.41, 5.74) is 0.216. The lowest BCUT2D eigenvalue weighted by molar-refractivity contribution is -0.140. The number of ether oxygens (including phenoxy) is 2. The van der Waals surface area contributed by atoms with Crippen LogP contribution in [0.15, 0.2) is 24.3 Å². The van der Waals surface area contributed by atoms with E-state index in [1.54, 1.807) is 7.11 Å². The second kappa shape index (κ2) is 9.92. The Labute approximate surface area is 186 Å². The molecule has 1 heterocycles. The topological polar surface area (TPSA) is 67.9 Å². The molecule has 1 aromatic carbocycles. The van der Waals surface area contributed by atoms with Crippen LogP contribution in [-0.4, -0.2) is 49.2 Å². The highest BCUT2D eigenvalue weighted by molar-refractivity contribution is 5.88. The van der Waals surface area contributed by atoms with Gasteiger partial charge in [0.05, 0.1) is 12.5 Å². The van der Waals surface area contributed by atoms with Gasteiger partial charge in [0.25, 0.3) is 0 Å². The first-order chi connectivity index (χ1) is 14.7. The van der Waals surface area contributed by atoms with E-state index in [2.05, 4.69) is 22.3 Å². The number of benzene rings is 1. The largest absolute Gasteiger partial charge is 0.497 e. The van der Waals surface area contributed by atoms with Crippen LogP contribution >= 0.6 is 0 Å². The van der Waals surface area contributed by atoms with Crippen molar-refractivity contribution in [2.45, 2.75) is 76.7 Å². The second-order valence-electron chi connectivity index (χ2n) is 9.99. The van der Waals surface area contributed by atoms with Crippen molar-refractivity contribution in [1.82, 2.24) is 10.2 Å². The number of nitrogens with zero attached hydrogens (tertiary/aromatic N) is 1. The van der Waals surface area contributed by atoms with Crippen molar-refractivity contribution in [2.75, 3.05) is 26.7 Å². The van der Waals surface area contributed by atoms with E-state index in [9.17, 15) is 9.59 Å². The molecule has 0 radical (unpaired) electrons. The zero-order chi connectivity index (χ0) is 22.5. The molecular formula is C25H38N2O4. The van der Waals surface area contributed by atoms with Crippen molar-refractivity contribution in [3.63, 3.8) is 0 Å². The van der Waals surface area contributed by atoms with Gasteiger partial charge in [-0.1, -0.05) is 31.4 Å². The van der Waals surface area contributed by atoms with Crippen LogP contribution in [0.25, 0.3) is 0 Å². The van der Waals surface area contributed by atoms with Crippen LogP contribution in [-0.2, 0) is 14.9 Å². The zero-order valence-corrected chi connectivity index (χ0v) is 19.5. The first-order valence-electron chi connectivity index (χ1n) is 11.6. The molecule has 2 amide bonds. The molecule has 1 saturated carbocycles. The lowest BCUT2D eigenvalue weighted by Gasteiger charge is -2.42. The Hall–Kier alpha value is -2.24. The third-order valence-electron chi connectivity index (χ3n) is 6.59. The van der Waals surface area contributed by atoms with Gasteiger partial charge in [-0.3, -0.25) is 4.79 Å². The first kappa shape index (κ1) is 23.4. The normalized spacial score (nSPS) is 19.5. The van der Waals surface area contributed by atoms with E-state index in [-0.39, 0.29) is 12.0 Å². The Bertz CT molecular complexity index is 740. The molecule has 6 heteroatoms. The van der Waals surface area contributed by atoms with Crippen LogP contribution in [0.3, 0.4) is 0 Å². The van der Waals surface area contributed by atoms with E-state index >= 15 is 0 Å². The van der Waals surface area contributed by atoms with Crippen molar-refractivity contribution in [3.05, 3.63) is 29.8 Å². The number of hydrogen-bond acceptors (Lipinski definition) is 4. The molecule has 1 N–H and O–H groups in total. The second-order valence-corrected chi connectivity index (χ2v) is 9.99. The molecule has 3 rings (SSSR count). The number of carbonyl (C=O) groups is 2. The molecule has 0 unspecified atom stereocenters. The SMILES string of the molecule is COc1ccc(C2(C(=O)N3CCC(CNC(=O)OC(C)(C)C)CC3)CCCCC2)cc1. The van der Waals surface area contributed by atoms with Crippen LogP contribution in [0.5, 0.6) is 5.75 Å². The molecule has 31 heavy (non-hydrogen) atoms. The number of amides is 2. The Kier molecular flexibility index (Phi) is 7.50. The Morgan fingerprint density at radius 1 is 1.06 bits per heavy atom. The quantitative estimate of drug-likeness (QED) is 0.738. The summed E-state index contributed by atoms with van der Waals surface area (Å²) in [6.07, 6.45) is 6.65. The molecule has 172 valence electrons. The van der Waals surface area contributed by atoms with Gasteiger partial charge < -0.3 is 19.7 Å². The van der Waals surface area contributed by atoms with Crippen LogP contribution in [0.1, 0.15) is 71.3 Å². The summed E-state index contributed by atoms with van der Waals surface area (Å²) in [5, 5.41) is 2.88. The third kappa shape index (κ3) is 5.92. The number of carbonyl (C=O) groups excluding carboxylic acids is 2. The minimum Gasteiger partial charge on any atom is -0.497 e. The van der Waals surface area contributed by atoms with Crippen LogP contribution in [0.4, 0.5) is 4.79 Å². The average Bonchev–Trinajstić information content (AvgIpc) is 2.77. The highest BCUT2D eigenvalue weighted by Crippen LogP contribution is 2.42. The van der Waals surface area contributed by atoms with Gasteiger partial charge in [0.15, 0.2) is 0 Å².